The molecule has 7 atom stereocenters. The Balaban J connectivity index is 0.00000385. The standard InChI is InChI=1S/C13H17N2O14P3.3H3N/c16-10-9(6-26-31(22,23)29-32(24,25)28-30(19,20)21)27-13(11(10)17)15-5-3-8-7(12(15)18)2-1-4-14-8;;;/h1-5,9-11,13,16-17H,6H2,(H,22,23)(H,24,25)(H2,19,20,21);3*1H3/t9-,10-,11-,13-;;;/m1.../s1. The molecule has 19 nitrogen and oxygen atoms in total. The fraction of sp³-hybridized carbons (Fsp3) is 0.385. The lowest BCUT2D eigenvalue weighted by molar-refractivity contribution is -0.250. The molecule has 0 radical (unpaired) electrons. The summed E-state index contributed by atoms with van der Waals surface area (Å²) >= 11 is 0. The van der Waals surface area contributed by atoms with Gasteiger partial charge in [-0.1, -0.05) is 0 Å². The van der Waals surface area contributed by atoms with Gasteiger partial charge in [0.1, 0.15) is 18.3 Å². The smallest absolute Gasteiger partial charge is 0.280 e. The number of quaternary nitrogens is 3. The SMILES string of the molecule is O=c1c2cccnc2ccn1[C@@H]1O[C@H](COP(=O)([O-])OP(=O)([O-])OP(=O)([O-])O)[C@@H](O)[C@H]1O.[NH4+].[NH4+].[NH4+]. The third-order valence-corrected chi connectivity index (χ3v) is 7.80. The second-order valence-electron chi connectivity index (χ2n) is 6.33. The van der Waals surface area contributed by atoms with Crippen LogP contribution in [0.25, 0.3) is 10.9 Å². The highest BCUT2D eigenvalue weighted by molar-refractivity contribution is 7.65. The summed E-state index contributed by atoms with van der Waals surface area (Å²) < 4.78 is 50.3. The largest absolute Gasteiger partial charge is 0.756 e. The number of hydrogen-bond donors (Lipinski definition) is 6. The van der Waals surface area contributed by atoms with Crippen molar-refractivity contribution in [3.63, 3.8) is 0 Å². The van der Waals surface area contributed by atoms with Crippen molar-refractivity contribution in [2.24, 2.45) is 0 Å². The van der Waals surface area contributed by atoms with Gasteiger partial charge in [0.15, 0.2) is 6.23 Å². The van der Waals surface area contributed by atoms with Crippen LogP contribution in [-0.4, -0.2) is 49.6 Å². The number of fused-ring (bicyclic) bond motifs is 1. The van der Waals surface area contributed by atoms with E-state index >= 15 is 0 Å². The lowest BCUT2D eigenvalue weighted by Gasteiger charge is -2.33. The topological polar surface area (TPSA) is 362 Å². The van der Waals surface area contributed by atoms with Gasteiger partial charge in [-0.2, -0.15) is 0 Å². The number of pyridine rings is 2. The summed E-state index contributed by atoms with van der Waals surface area (Å²) in [6, 6.07) is 4.39. The first-order chi connectivity index (χ1) is 14.7. The van der Waals surface area contributed by atoms with Crippen molar-refractivity contribution in [1.82, 2.24) is 28.0 Å². The molecule has 3 heterocycles. The summed E-state index contributed by atoms with van der Waals surface area (Å²) in [5.41, 5.74) is -0.289. The van der Waals surface area contributed by atoms with Crippen molar-refractivity contribution in [3.05, 3.63) is 40.9 Å². The van der Waals surface area contributed by atoms with Crippen LogP contribution in [0.5, 0.6) is 0 Å². The number of rotatable bonds is 8. The maximum absolute atomic E-state index is 12.6. The van der Waals surface area contributed by atoms with E-state index in [1.54, 1.807) is 0 Å². The fourth-order valence-electron chi connectivity index (χ4n) is 2.84. The number of aliphatic hydroxyl groups excluding tert-OH is 2. The summed E-state index contributed by atoms with van der Waals surface area (Å²) in [6.07, 6.45) is -3.90. The van der Waals surface area contributed by atoms with Gasteiger partial charge in [0.25, 0.3) is 29.0 Å². The van der Waals surface area contributed by atoms with Gasteiger partial charge < -0.3 is 57.5 Å². The molecule has 1 aliphatic heterocycles. The zero-order valence-electron chi connectivity index (χ0n) is 18.5. The summed E-state index contributed by atoms with van der Waals surface area (Å²) in [5, 5.41) is 20.5. The average Bonchev–Trinajstić information content (AvgIpc) is 2.92. The van der Waals surface area contributed by atoms with Gasteiger partial charge >= 0.3 is 0 Å². The average molecular weight is 569 g/mol. The maximum Gasteiger partial charge on any atom is 0.280 e. The van der Waals surface area contributed by atoms with E-state index in [-0.39, 0.29) is 23.8 Å². The third-order valence-electron chi connectivity index (χ3n) is 4.11. The van der Waals surface area contributed by atoms with Crippen molar-refractivity contribution in [1.29, 1.82) is 0 Å². The summed E-state index contributed by atoms with van der Waals surface area (Å²) in [7, 11) is -17.8. The van der Waals surface area contributed by atoms with E-state index in [0.29, 0.717) is 5.52 Å². The number of phosphoric acid groups is 3. The number of aromatic nitrogens is 2. The fourth-order valence-corrected chi connectivity index (χ4v) is 5.73. The molecule has 1 fully saturated rings. The number of aliphatic hydroxyl groups is 2. The summed E-state index contributed by atoms with van der Waals surface area (Å²) in [5.74, 6) is 0. The molecule has 3 rings (SSSR count). The summed E-state index contributed by atoms with van der Waals surface area (Å²) in [4.78, 5) is 58.2. The zero-order valence-corrected chi connectivity index (χ0v) is 21.2. The Morgan fingerprint density at radius 2 is 1.66 bits per heavy atom. The Labute approximate surface area is 196 Å². The van der Waals surface area contributed by atoms with E-state index in [2.05, 4.69) is 18.1 Å². The highest BCUT2D eigenvalue weighted by atomic mass is 31.3. The Hall–Kier alpha value is -1.47. The van der Waals surface area contributed by atoms with Crippen LogP contribution in [0.2, 0.25) is 0 Å². The normalized spacial score (nSPS) is 26.8. The minimum atomic E-state index is -6.09. The molecule has 202 valence electrons. The highest BCUT2D eigenvalue weighted by Crippen LogP contribution is 2.61. The van der Waals surface area contributed by atoms with Crippen molar-refractivity contribution in [2.45, 2.75) is 24.5 Å². The van der Waals surface area contributed by atoms with E-state index < -0.39 is 60.2 Å². The lowest BCUT2D eigenvalue weighted by atomic mass is 10.1. The minimum Gasteiger partial charge on any atom is -0.756 e. The molecule has 0 aliphatic carbocycles. The number of phosphoric ester groups is 1. The second kappa shape index (κ2) is 12.2. The molecule has 1 aliphatic rings. The Kier molecular flexibility index (Phi) is 11.7. The van der Waals surface area contributed by atoms with Crippen LogP contribution in [0.4, 0.5) is 0 Å². The van der Waals surface area contributed by atoms with Crippen LogP contribution in [0.15, 0.2) is 35.4 Å². The summed E-state index contributed by atoms with van der Waals surface area (Å²) in [6.45, 7) is -1.10. The molecule has 2 aromatic rings. The Morgan fingerprint density at radius 1 is 1.03 bits per heavy atom. The van der Waals surface area contributed by atoms with Gasteiger partial charge in [0.2, 0.25) is 0 Å². The third kappa shape index (κ3) is 8.28. The molecule has 0 bridgehead atoms. The van der Waals surface area contributed by atoms with E-state index in [1.165, 1.54) is 30.6 Å². The van der Waals surface area contributed by atoms with Gasteiger partial charge in [-0.15, -0.1) is 0 Å². The van der Waals surface area contributed by atoms with Crippen molar-refractivity contribution in [3.8, 4) is 0 Å². The second-order valence-corrected chi connectivity index (χ2v) is 10.6. The van der Waals surface area contributed by atoms with Gasteiger partial charge in [-0.25, -0.2) is 8.62 Å². The highest BCUT2D eigenvalue weighted by Gasteiger charge is 2.44. The minimum absolute atomic E-state index is 0. The monoisotopic (exact) mass is 569 g/mol. The van der Waals surface area contributed by atoms with Crippen LogP contribution in [0.3, 0.4) is 0 Å². The predicted molar refractivity (Wildman–Crippen MR) is 113 cm³/mol. The van der Waals surface area contributed by atoms with Crippen LogP contribution >= 0.6 is 23.5 Å². The molecule has 1 saturated heterocycles. The van der Waals surface area contributed by atoms with E-state index in [1.807, 2.05) is 0 Å². The van der Waals surface area contributed by atoms with Gasteiger partial charge in [-0.3, -0.25) is 28.0 Å². The first kappa shape index (κ1) is 33.5. The van der Waals surface area contributed by atoms with E-state index in [0.717, 1.165) is 4.57 Å². The van der Waals surface area contributed by atoms with Crippen LogP contribution < -0.4 is 38.7 Å². The molecule has 3 unspecified atom stereocenters. The number of hydrogen-bond acceptors (Lipinski definition) is 14. The van der Waals surface area contributed by atoms with Crippen molar-refractivity contribution >= 4 is 34.4 Å². The van der Waals surface area contributed by atoms with Gasteiger partial charge in [0.05, 0.1) is 17.5 Å². The first-order valence-corrected chi connectivity index (χ1v) is 12.8. The first-order valence-electron chi connectivity index (χ1n) is 8.40. The van der Waals surface area contributed by atoms with E-state index in [4.69, 9.17) is 9.63 Å². The molecule has 0 aromatic carbocycles. The quantitative estimate of drug-likeness (QED) is 0.199. The molecule has 0 amide bonds. The van der Waals surface area contributed by atoms with Gasteiger partial charge in [-0.05, 0) is 18.2 Å². The van der Waals surface area contributed by atoms with Crippen molar-refractivity contribution in [2.75, 3.05) is 6.61 Å². The Morgan fingerprint density at radius 3 is 2.26 bits per heavy atom. The molecular formula is C13H26N5O14P3. The molecule has 0 saturated carbocycles. The number of nitrogens with zero attached hydrogens (tertiary/aromatic N) is 2. The van der Waals surface area contributed by atoms with E-state index in [9.17, 15) is 43.4 Å². The molecule has 15 N–H and O–H groups in total. The van der Waals surface area contributed by atoms with Crippen LogP contribution in [0, 0.1) is 0 Å². The molecule has 22 heteroatoms. The maximum atomic E-state index is 12.6. The van der Waals surface area contributed by atoms with Crippen LogP contribution in [0.1, 0.15) is 6.23 Å². The Bertz CT molecular complexity index is 1210. The van der Waals surface area contributed by atoms with Gasteiger partial charge in [0, 0.05) is 12.4 Å². The van der Waals surface area contributed by atoms with Crippen LogP contribution in [-0.2, 0) is 31.6 Å². The predicted octanol–water partition coefficient (Wildman–Crippen LogP) is -1.41. The molecular weight excluding hydrogens is 543 g/mol. The van der Waals surface area contributed by atoms with Crippen molar-refractivity contribution < 1.29 is 61.4 Å². The zero-order chi connectivity index (χ0) is 23.9. The molecule has 35 heavy (non-hydrogen) atoms. The lowest BCUT2D eigenvalue weighted by Crippen LogP contribution is -2.35. The molecule has 0 spiro atoms. The molecule has 2 aromatic heterocycles. The number of ether oxygens (including phenoxy) is 1.